The number of benzene rings is 2. The van der Waals surface area contributed by atoms with E-state index >= 15 is 0 Å². The summed E-state index contributed by atoms with van der Waals surface area (Å²) in [4.78, 5) is 11.3. The van der Waals surface area contributed by atoms with E-state index in [0.717, 1.165) is 17.8 Å². The summed E-state index contributed by atoms with van der Waals surface area (Å²) in [6.45, 7) is 4.90. The van der Waals surface area contributed by atoms with Crippen LogP contribution < -0.4 is 11.1 Å². The molecule has 20 heavy (non-hydrogen) atoms. The lowest BCUT2D eigenvalue weighted by Crippen LogP contribution is -2.15. The largest absolute Gasteiger partial charge is 0.384 e. The number of primary amides is 1. The van der Waals surface area contributed by atoms with Crippen LogP contribution in [0.3, 0.4) is 0 Å². The van der Waals surface area contributed by atoms with Crippen molar-refractivity contribution >= 4 is 11.6 Å². The Morgan fingerprint density at radius 1 is 1.15 bits per heavy atom. The molecule has 0 spiro atoms. The van der Waals surface area contributed by atoms with Crippen molar-refractivity contribution in [3.05, 3.63) is 65.2 Å². The first-order valence-electron chi connectivity index (χ1n) is 6.78. The second-order valence-corrected chi connectivity index (χ2v) is 5.04. The molecule has 0 bridgehead atoms. The molecule has 1 unspecified atom stereocenters. The second-order valence-electron chi connectivity index (χ2n) is 5.04. The predicted molar refractivity (Wildman–Crippen MR) is 83.0 cm³/mol. The molecule has 0 aromatic heterocycles. The highest BCUT2D eigenvalue weighted by molar-refractivity contribution is 5.95. The van der Waals surface area contributed by atoms with E-state index in [1.165, 1.54) is 5.56 Å². The molecule has 104 valence electrons. The minimum Gasteiger partial charge on any atom is -0.384 e. The van der Waals surface area contributed by atoms with Crippen LogP contribution in [0, 0.1) is 6.92 Å². The van der Waals surface area contributed by atoms with Crippen molar-refractivity contribution in [2.75, 3.05) is 11.9 Å². The highest BCUT2D eigenvalue weighted by Crippen LogP contribution is 2.21. The summed E-state index contributed by atoms with van der Waals surface area (Å²) in [7, 11) is 0. The lowest BCUT2D eigenvalue weighted by atomic mass is 10.0. The van der Waals surface area contributed by atoms with Gasteiger partial charge in [-0.1, -0.05) is 43.3 Å². The Bertz CT molecular complexity index is 593. The topological polar surface area (TPSA) is 55.1 Å². The van der Waals surface area contributed by atoms with Crippen LogP contribution in [-0.4, -0.2) is 12.5 Å². The van der Waals surface area contributed by atoms with Crippen molar-refractivity contribution in [2.24, 2.45) is 5.73 Å². The number of nitrogens with two attached hydrogens (primary N) is 1. The molecule has 0 fully saturated rings. The monoisotopic (exact) mass is 268 g/mol. The molecule has 0 saturated heterocycles. The Morgan fingerprint density at radius 2 is 1.85 bits per heavy atom. The maximum atomic E-state index is 11.3. The zero-order chi connectivity index (χ0) is 14.5. The van der Waals surface area contributed by atoms with Gasteiger partial charge in [-0.15, -0.1) is 0 Å². The maximum absolute atomic E-state index is 11.3. The van der Waals surface area contributed by atoms with Gasteiger partial charge >= 0.3 is 0 Å². The first kappa shape index (κ1) is 14.1. The molecule has 2 aromatic rings. The molecular weight excluding hydrogens is 248 g/mol. The molecule has 1 atom stereocenters. The predicted octanol–water partition coefficient (Wildman–Crippen LogP) is 3.31. The molecular formula is C17H20N2O. The summed E-state index contributed by atoms with van der Waals surface area (Å²) in [6, 6.07) is 15.9. The summed E-state index contributed by atoms with van der Waals surface area (Å²) >= 11 is 0. The minimum atomic E-state index is -0.387. The van der Waals surface area contributed by atoms with E-state index in [0.29, 0.717) is 11.5 Å². The molecule has 1 amide bonds. The molecule has 0 aliphatic heterocycles. The molecule has 3 heteroatoms. The quantitative estimate of drug-likeness (QED) is 0.874. The van der Waals surface area contributed by atoms with Crippen molar-refractivity contribution in [1.29, 1.82) is 0 Å². The van der Waals surface area contributed by atoms with E-state index in [-0.39, 0.29) is 5.91 Å². The van der Waals surface area contributed by atoms with E-state index in [1.807, 2.05) is 37.3 Å². The molecule has 2 rings (SSSR count). The molecule has 2 aromatic carbocycles. The summed E-state index contributed by atoms with van der Waals surface area (Å²) in [5.41, 5.74) is 9.10. The van der Waals surface area contributed by atoms with Gasteiger partial charge in [-0.3, -0.25) is 4.79 Å². The van der Waals surface area contributed by atoms with Gasteiger partial charge < -0.3 is 11.1 Å². The smallest absolute Gasteiger partial charge is 0.249 e. The molecule has 0 heterocycles. The lowest BCUT2D eigenvalue weighted by Gasteiger charge is -2.16. The van der Waals surface area contributed by atoms with Gasteiger partial charge in [0.2, 0.25) is 5.91 Å². The van der Waals surface area contributed by atoms with E-state index in [2.05, 4.69) is 24.4 Å². The van der Waals surface area contributed by atoms with E-state index in [4.69, 9.17) is 5.73 Å². The average molecular weight is 268 g/mol. The lowest BCUT2D eigenvalue weighted by molar-refractivity contribution is 0.1000. The first-order chi connectivity index (χ1) is 9.59. The van der Waals surface area contributed by atoms with Crippen LogP contribution in [0.5, 0.6) is 0 Å². The van der Waals surface area contributed by atoms with Gasteiger partial charge in [0.1, 0.15) is 0 Å². The van der Waals surface area contributed by atoms with Crippen molar-refractivity contribution < 1.29 is 4.79 Å². The van der Waals surface area contributed by atoms with E-state index in [9.17, 15) is 4.79 Å². The molecule has 0 radical (unpaired) electrons. The van der Waals surface area contributed by atoms with Crippen LogP contribution in [0.1, 0.15) is 34.3 Å². The number of hydrogen-bond acceptors (Lipinski definition) is 2. The Morgan fingerprint density at radius 3 is 2.50 bits per heavy atom. The van der Waals surface area contributed by atoms with Gasteiger partial charge in [0, 0.05) is 17.8 Å². The SMILES string of the molecule is Cc1c(NCC(C)c2ccccc2)cccc1C(N)=O. The summed E-state index contributed by atoms with van der Waals surface area (Å²) < 4.78 is 0. The van der Waals surface area contributed by atoms with Gasteiger partial charge in [-0.05, 0) is 36.1 Å². The second kappa shape index (κ2) is 6.24. The third-order valence-corrected chi connectivity index (χ3v) is 3.57. The number of carbonyl (C=O) groups excluding carboxylic acids is 1. The highest BCUT2D eigenvalue weighted by atomic mass is 16.1. The van der Waals surface area contributed by atoms with Gasteiger partial charge in [0.05, 0.1) is 0 Å². The first-order valence-corrected chi connectivity index (χ1v) is 6.78. The Balaban J connectivity index is 2.08. The van der Waals surface area contributed by atoms with Crippen LogP contribution >= 0.6 is 0 Å². The molecule has 0 saturated carbocycles. The zero-order valence-corrected chi connectivity index (χ0v) is 11.9. The molecule has 3 N–H and O–H groups in total. The van der Waals surface area contributed by atoms with Crippen molar-refractivity contribution in [3.8, 4) is 0 Å². The van der Waals surface area contributed by atoms with Gasteiger partial charge in [0.15, 0.2) is 0 Å². The van der Waals surface area contributed by atoms with Gasteiger partial charge in [0.25, 0.3) is 0 Å². The van der Waals surface area contributed by atoms with Crippen LogP contribution in [-0.2, 0) is 0 Å². The third-order valence-electron chi connectivity index (χ3n) is 3.57. The minimum absolute atomic E-state index is 0.387. The van der Waals surface area contributed by atoms with Gasteiger partial charge in [-0.2, -0.15) is 0 Å². The Kier molecular flexibility index (Phi) is 4.41. The number of hydrogen-bond donors (Lipinski definition) is 2. The summed E-state index contributed by atoms with van der Waals surface area (Å²) in [5, 5.41) is 3.40. The van der Waals surface area contributed by atoms with Crippen LogP contribution in [0.2, 0.25) is 0 Å². The number of rotatable bonds is 5. The number of amides is 1. The Labute approximate surface area is 119 Å². The number of anilines is 1. The van der Waals surface area contributed by atoms with Crippen LogP contribution in [0.15, 0.2) is 48.5 Å². The van der Waals surface area contributed by atoms with Crippen molar-refractivity contribution in [3.63, 3.8) is 0 Å². The normalized spacial score (nSPS) is 11.9. The molecule has 0 aliphatic carbocycles. The number of carbonyl (C=O) groups is 1. The summed E-state index contributed by atoms with van der Waals surface area (Å²) in [6.07, 6.45) is 0. The van der Waals surface area contributed by atoms with E-state index < -0.39 is 0 Å². The highest BCUT2D eigenvalue weighted by Gasteiger charge is 2.10. The fourth-order valence-corrected chi connectivity index (χ4v) is 2.26. The number of nitrogens with one attached hydrogen (secondary N) is 1. The van der Waals surface area contributed by atoms with Crippen LogP contribution in [0.4, 0.5) is 5.69 Å². The summed E-state index contributed by atoms with van der Waals surface area (Å²) in [5.74, 6) is 0.00934. The van der Waals surface area contributed by atoms with Crippen LogP contribution in [0.25, 0.3) is 0 Å². The Hall–Kier alpha value is -2.29. The standard InChI is InChI=1S/C17H20N2O/c1-12(14-7-4-3-5-8-14)11-19-16-10-6-9-15(13(16)2)17(18)20/h3-10,12,19H,11H2,1-2H3,(H2,18,20). The average Bonchev–Trinajstić information content (AvgIpc) is 2.46. The van der Waals surface area contributed by atoms with Crippen molar-refractivity contribution in [1.82, 2.24) is 0 Å². The fourth-order valence-electron chi connectivity index (χ4n) is 2.26. The maximum Gasteiger partial charge on any atom is 0.249 e. The molecule has 0 aliphatic rings. The van der Waals surface area contributed by atoms with Gasteiger partial charge in [-0.25, -0.2) is 0 Å². The fraction of sp³-hybridized carbons (Fsp3) is 0.235. The molecule has 3 nitrogen and oxygen atoms in total. The zero-order valence-electron chi connectivity index (χ0n) is 11.9. The third kappa shape index (κ3) is 3.18. The van der Waals surface area contributed by atoms with E-state index in [1.54, 1.807) is 6.07 Å². The van der Waals surface area contributed by atoms with Crippen molar-refractivity contribution in [2.45, 2.75) is 19.8 Å².